The fourth-order valence-corrected chi connectivity index (χ4v) is 2.05. The minimum absolute atomic E-state index is 0.0982. The number of hydrogen-bond donors (Lipinski definition) is 2. The van der Waals surface area contributed by atoms with E-state index in [0.717, 1.165) is 0 Å². The molecule has 0 unspecified atom stereocenters. The van der Waals surface area contributed by atoms with Crippen LogP contribution in [0.15, 0.2) is 48.5 Å². The number of anilines is 1. The fraction of sp³-hybridized carbons (Fsp3) is 0.118. The predicted molar refractivity (Wildman–Crippen MR) is 94.0 cm³/mol. The van der Waals surface area contributed by atoms with Crippen LogP contribution >= 0.6 is 12.2 Å². The number of para-hydroxylation sites is 1. The van der Waals surface area contributed by atoms with Crippen molar-refractivity contribution < 1.29 is 14.3 Å². The molecule has 0 spiro atoms. The fourth-order valence-electron chi connectivity index (χ4n) is 1.83. The summed E-state index contributed by atoms with van der Waals surface area (Å²) in [4.78, 5) is 11.8. The number of carbonyl (C=O) groups excluding carboxylic acids is 1. The van der Waals surface area contributed by atoms with Crippen molar-refractivity contribution in [2.75, 3.05) is 19.0 Å². The van der Waals surface area contributed by atoms with Crippen LogP contribution in [0.3, 0.4) is 0 Å². The number of amides is 1. The van der Waals surface area contributed by atoms with Gasteiger partial charge in [0.25, 0.3) is 5.91 Å². The van der Waals surface area contributed by atoms with Crippen molar-refractivity contribution in [3.63, 3.8) is 0 Å². The Hall–Kier alpha value is -3.11. The lowest BCUT2D eigenvalue weighted by molar-refractivity contribution is -0.121. The zero-order valence-corrected chi connectivity index (χ0v) is 13.7. The Bertz CT molecular complexity index is 769. The Balaban J connectivity index is 1.83. The summed E-state index contributed by atoms with van der Waals surface area (Å²) in [6, 6.07) is 15.8. The Morgan fingerprint density at radius 3 is 2.50 bits per heavy atom. The zero-order valence-electron chi connectivity index (χ0n) is 12.9. The number of thiocarbonyl (C=S) groups is 1. The topological polar surface area (TPSA) is 83.4 Å². The summed E-state index contributed by atoms with van der Waals surface area (Å²) in [5, 5.41) is 14.4. The maximum atomic E-state index is 11.8. The van der Waals surface area contributed by atoms with E-state index in [1.807, 2.05) is 6.07 Å². The van der Waals surface area contributed by atoms with Crippen LogP contribution in [0.2, 0.25) is 0 Å². The van der Waals surface area contributed by atoms with Crippen molar-refractivity contribution in [2.24, 2.45) is 0 Å². The third kappa shape index (κ3) is 4.97. The van der Waals surface area contributed by atoms with Gasteiger partial charge in [-0.05, 0) is 48.6 Å². The lowest BCUT2D eigenvalue weighted by Gasteiger charge is -2.11. The van der Waals surface area contributed by atoms with E-state index >= 15 is 0 Å². The molecule has 2 aromatic carbocycles. The number of nitriles is 1. The van der Waals surface area contributed by atoms with E-state index in [2.05, 4.69) is 10.6 Å². The van der Waals surface area contributed by atoms with Gasteiger partial charge in [0.15, 0.2) is 11.7 Å². The van der Waals surface area contributed by atoms with Crippen LogP contribution in [-0.4, -0.2) is 24.7 Å². The van der Waals surface area contributed by atoms with E-state index in [4.69, 9.17) is 27.0 Å². The van der Waals surface area contributed by atoms with Gasteiger partial charge in [0.1, 0.15) is 17.6 Å². The molecule has 0 aliphatic rings. The number of nitrogens with one attached hydrogen (secondary N) is 2. The highest BCUT2D eigenvalue weighted by molar-refractivity contribution is 7.80. The van der Waals surface area contributed by atoms with E-state index in [0.29, 0.717) is 22.7 Å². The van der Waals surface area contributed by atoms with Crippen LogP contribution in [0.4, 0.5) is 5.69 Å². The first-order valence-corrected chi connectivity index (χ1v) is 7.40. The molecule has 0 aliphatic heterocycles. The number of benzene rings is 2. The highest BCUT2D eigenvalue weighted by Gasteiger charge is 2.08. The minimum Gasteiger partial charge on any atom is -0.497 e. The first-order valence-electron chi connectivity index (χ1n) is 6.99. The second kappa shape index (κ2) is 8.50. The van der Waals surface area contributed by atoms with Gasteiger partial charge in [-0.25, -0.2) is 0 Å². The summed E-state index contributed by atoms with van der Waals surface area (Å²) in [6.07, 6.45) is 0. The molecule has 0 aromatic heterocycles. The van der Waals surface area contributed by atoms with Gasteiger partial charge >= 0.3 is 0 Å². The molecule has 2 aromatic rings. The van der Waals surface area contributed by atoms with Crippen molar-refractivity contribution in [3.8, 4) is 17.6 Å². The summed E-state index contributed by atoms with van der Waals surface area (Å²) >= 11 is 5.06. The van der Waals surface area contributed by atoms with Gasteiger partial charge < -0.3 is 14.8 Å². The van der Waals surface area contributed by atoms with Crippen molar-refractivity contribution >= 4 is 28.9 Å². The summed E-state index contributed by atoms with van der Waals surface area (Å²) < 4.78 is 10.4. The largest absolute Gasteiger partial charge is 0.497 e. The second-order valence-corrected chi connectivity index (χ2v) is 5.03. The highest BCUT2D eigenvalue weighted by atomic mass is 32.1. The summed E-state index contributed by atoms with van der Waals surface area (Å²) in [5.74, 6) is 0.839. The van der Waals surface area contributed by atoms with Gasteiger partial charge in [-0.2, -0.15) is 5.26 Å². The van der Waals surface area contributed by atoms with Gasteiger partial charge in [-0.1, -0.05) is 12.1 Å². The van der Waals surface area contributed by atoms with Crippen LogP contribution in [-0.2, 0) is 4.79 Å². The zero-order chi connectivity index (χ0) is 17.4. The van der Waals surface area contributed by atoms with Crippen molar-refractivity contribution in [1.29, 1.82) is 5.26 Å². The average Bonchev–Trinajstić information content (AvgIpc) is 2.60. The van der Waals surface area contributed by atoms with E-state index in [-0.39, 0.29) is 11.7 Å². The molecule has 0 bridgehead atoms. The van der Waals surface area contributed by atoms with Gasteiger partial charge in [-0.15, -0.1) is 0 Å². The molecular formula is C17H15N3O3S. The van der Waals surface area contributed by atoms with Crippen LogP contribution in [0.25, 0.3) is 0 Å². The average molecular weight is 341 g/mol. The third-order valence-corrected chi connectivity index (χ3v) is 3.18. The molecule has 0 saturated heterocycles. The minimum atomic E-state index is -0.405. The standard InChI is InChI=1S/C17H15N3O3S/c1-22-13-6-8-14(9-7-13)23-11-16(21)20-17(24)19-15-5-3-2-4-12(15)10-18/h2-9H,11H2,1H3,(H2,19,20,21,24). The lowest BCUT2D eigenvalue weighted by atomic mass is 10.2. The number of methoxy groups -OCH3 is 1. The normalized spacial score (nSPS) is 9.50. The van der Waals surface area contributed by atoms with Gasteiger partial charge in [0.05, 0.1) is 18.4 Å². The van der Waals surface area contributed by atoms with Gasteiger partial charge in [-0.3, -0.25) is 10.1 Å². The van der Waals surface area contributed by atoms with Crippen LogP contribution in [0.1, 0.15) is 5.56 Å². The highest BCUT2D eigenvalue weighted by Crippen LogP contribution is 2.17. The van der Waals surface area contributed by atoms with E-state index < -0.39 is 5.91 Å². The first kappa shape index (κ1) is 17.2. The molecular weight excluding hydrogens is 326 g/mol. The van der Waals surface area contributed by atoms with Crippen molar-refractivity contribution in [3.05, 3.63) is 54.1 Å². The second-order valence-electron chi connectivity index (χ2n) is 4.62. The number of rotatable bonds is 5. The molecule has 0 atom stereocenters. The van der Waals surface area contributed by atoms with E-state index in [9.17, 15) is 4.79 Å². The predicted octanol–water partition coefficient (Wildman–Crippen LogP) is 2.46. The maximum Gasteiger partial charge on any atom is 0.264 e. The molecule has 24 heavy (non-hydrogen) atoms. The summed E-state index contributed by atoms with van der Waals surface area (Å²) in [5.41, 5.74) is 0.963. The van der Waals surface area contributed by atoms with Gasteiger partial charge in [0, 0.05) is 0 Å². The molecule has 0 fully saturated rings. The molecule has 0 heterocycles. The van der Waals surface area contributed by atoms with E-state index in [1.165, 1.54) is 0 Å². The van der Waals surface area contributed by atoms with Crippen LogP contribution in [0, 0.1) is 11.3 Å². The maximum absolute atomic E-state index is 11.8. The molecule has 7 heteroatoms. The van der Waals surface area contributed by atoms with Crippen molar-refractivity contribution in [2.45, 2.75) is 0 Å². The lowest BCUT2D eigenvalue weighted by Crippen LogP contribution is -2.37. The summed E-state index contributed by atoms with van der Waals surface area (Å²) in [6.45, 7) is -0.186. The molecule has 122 valence electrons. The molecule has 2 N–H and O–H groups in total. The van der Waals surface area contributed by atoms with E-state index in [1.54, 1.807) is 55.6 Å². The molecule has 1 amide bonds. The molecule has 6 nitrogen and oxygen atoms in total. The molecule has 0 saturated carbocycles. The number of nitrogens with zero attached hydrogens (tertiary/aromatic N) is 1. The number of carbonyl (C=O) groups is 1. The van der Waals surface area contributed by atoms with Crippen LogP contribution < -0.4 is 20.1 Å². The number of hydrogen-bond acceptors (Lipinski definition) is 5. The van der Waals surface area contributed by atoms with Gasteiger partial charge in [0.2, 0.25) is 0 Å². The third-order valence-electron chi connectivity index (χ3n) is 2.98. The summed E-state index contributed by atoms with van der Waals surface area (Å²) in [7, 11) is 1.57. The van der Waals surface area contributed by atoms with Crippen LogP contribution in [0.5, 0.6) is 11.5 Å². The molecule has 0 radical (unpaired) electrons. The Labute approximate surface area is 145 Å². The SMILES string of the molecule is COc1ccc(OCC(=O)NC(=S)Nc2ccccc2C#N)cc1. The van der Waals surface area contributed by atoms with Crippen molar-refractivity contribution in [1.82, 2.24) is 5.32 Å². The molecule has 2 rings (SSSR count). The molecule has 0 aliphatic carbocycles. The monoisotopic (exact) mass is 341 g/mol. The first-order chi connectivity index (χ1) is 11.6. The Kier molecular flexibility index (Phi) is 6.11. The quantitative estimate of drug-likeness (QED) is 0.813. The number of ether oxygens (including phenoxy) is 2. The smallest absolute Gasteiger partial charge is 0.264 e. The Morgan fingerprint density at radius 1 is 1.17 bits per heavy atom. The Morgan fingerprint density at radius 2 is 1.83 bits per heavy atom.